The minimum atomic E-state index is 0.859. The number of H-pyrrole nitrogens is 1. The Balaban J connectivity index is 1.83. The fourth-order valence-electron chi connectivity index (χ4n) is 3.31. The summed E-state index contributed by atoms with van der Waals surface area (Å²) in [4.78, 5) is 16.6. The van der Waals surface area contributed by atoms with Crippen LogP contribution in [0.4, 0.5) is 0 Å². The summed E-state index contributed by atoms with van der Waals surface area (Å²) in [7, 11) is 0. The van der Waals surface area contributed by atoms with Crippen molar-refractivity contribution in [1.29, 1.82) is 0 Å². The Labute approximate surface area is 147 Å². The smallest absolute Gasteiger partial charge is 0.0697 e. The molecule has 0 saturated carbocycles. The maximum atomic E-state index is 4.85. The SMILES string of the molecule is c1cncc(C2=NCCCC2=C(Cc2ccncc2)c2ccc[nH]2)c1. The number of allylic oxidation sites excluding steroid dienone is 2. The number of nitrogens with one attached hydrogen (secondary N) is 1. The summed E-state index contributed by atoms with van der Waals surface area (Å²) in [6.45, 7) is 0.876. The highest BCUT2D eigenvalue weighted by atomic mass is 14.8. The van der Waals surface area contributed by atoms with Crippen molar-refractivity contribution < 1.29 is 0 Å². The van der Waals surface area contributed by atoms with Crippen molar-refractivity contribution in [2.75, 3.05) is 6.54 Å². The van der Waals surface area contributed by atoms with Gasteiger partial charge in [0.1, 0.15) is 0 Å². The zero-order valence-electron chi connectivity index (χ0n) is 14.0. The first-order valence-corrected chi connectivity index (χ1v) is 8.62. The standard InChI is InChI=1S/C21H20N4/c1-4-17(15-23-9-1)21-18(5-2-11-25-21)19(20-6-3-10-24-20)14-16-7-12-22-13-8-16/h1,3-4,6-10,12-13,15,24H,2,5,11,14H2. The van der Waals surface area contributed by atoms with Crippen LogP contribution < -0.4 is 0 Å². The van der Waals surface area contributed by atoms with Crippen LogP contribution in [0.3, 0.4) is 0 Å². The monoisotopic (exact) mass is 328 g/mol. The van der Waals surface area contributed by atoms with E-state index in [2.05, 4.69) is 39.2 Å². The Morgan fingerprint density at radius 3 is 2.68 bits per heavy atom. The molecule has 0 radical (unpaired) electrons. The normalized spacial score (nSPS) is 16.4. The van der Waals surface area contributed by atoms with Crippen molar-refractivity contribution in [1.82, 2.24) is 15.0 Å². The first-order chi connectivity index (χ1) is 12.4. The van der Waals surface area contributed by atoms with Crippen LogP contribution in [-0.2, 0) is 6.42 Å². The number of pyridine rings is 2. The highest BCUT2D eigenvalue weighted by Gasteiger charge is 2.20. The van der Waals surface area contributed by atoms with E-state index < -0.39 is 0 Å². The predicted molar refractivity (Wildman–Crippen MR) is 101 cm³/mol. The second-order valence-corrected chi connectivity index (χ2v) is 6.15. The molecule has 124 valence electrons. The second-order valence-electron chi connectivity index (χ2n) is 6.15. The molecule has 0 fully saturated rings. The Kier molecular flexibility index (Phi) is 4.51. The van der Waals surface area contributed by atoms with Crippen LogP contribution in [0.25, 0.3) is 5.57 Å². The fraction of sp³-hybridized carbons (Fsp3) is 0.190. The van der Waals surface area contributed by atoms with E-state index in [1.807, 2.05) is 36.9 Å². The van der Waals surface area contributed by atoms with E-state index in [9.17, 15) is 0 Å². The van der Waals surface area contributed by atoms with Crippen molar-refractivity contribution in [2.24, 2.45) is 4.99 Å². The molecular weight excluding hydrogens is 308 g/mol. The molecule has 3 aromatic heterocycles. The summed E-state index contributed by atoms with van der Waals surface area (Å²) in [5, 5.41) is 0. The zero-order chi connectivity index (χ0) is 16.9. The highest BCUT2D eigenvalue weighted by Crippen LogP contribution is 2.30. The molecule has 0 amide bonds. The van der Waals surface area contributed by atoms with Gasteiger partial charge in [-0.3, -0.25) is 15.0 Å². The van der Waals surface area contributed by atoms with Crippen LogP contribution >= 0.6 is 0 Å². The summed E-state index contributed by atoms with van der Waals surface area (Å²) >= 11 is 0. The van der Waals surface area contributed by atoms with Gasteiger partial charge in [0.25, 0.3) is 0 Å². The summed E-state index contributed by atoms with van der Waals surface area (Å²) < 4.78 is 0. The van der Waals surface area contributed by atoms with E-state index in [4.69, 9.17) is 4.99 Å². The van der Waals surface area contributed by atoms with E-state index in [1.54, 1.807) is 6.20 Å². The quantitative estimate of drug-likeness (QED) is 0.784. The van der Waals surface area contributed by atoms with Crippen molar-refractivity contribution in [3.8, 4) is 0 Å². The van der Waals surface area contributed by atoms with Gasteiger partial charge in [0, 0.05) is 48.8 Å². The molecule has 3 aromatic rings. The van der Waals surface area contributed by atoms with Crippen molar-refractivity contribution >= 4 is 11.3 Å². The van der Waals surface area contributed by atoms with E-state index in [-0.39, 0.29) is 0 Å². The zero-order valence-corrected chi connectivity index (χ0v) is 14.0. The Morgan fingerprint density at radius 1 is 1.00 bits per heavy atom. The van der Waals surface area contributed by atoms with Crippen LogP contribution in [0, 0.1) is 0 Å². The van der Waals surface area contributed by atoms with Gasteiger partial charge in [0.2, 0.25) is 0 Å². The van der Waals surface area contributed by atoms with E-state index in [1.165, 1.54) is 16.7 Å². The van der Waals surface area contributed by atoms with Gasteiger partial charge in [-0.25, -0.2) is 0 Å². The molecule has 25 heavy (non-hydrogen) atoms. The number of rotatable bonds is 4. The molecule has 1 aliphatic heterocycles. The average molecular weight is 328 g/mol. The molecule has 4 rings (SSSR count). The van der Waals surface area contributed by atoms with Gasteiger partial charge in [0.15, 0.2) is 0 Å². The molecular formula is C21H20N4. The van der Waals surface area contributed by atoms with Crippen LogP contribution in [0.5, 0.6) is 0 Å². The first kappa shape index (κ1) is 15.5. The molecule has 0 atom stereocenters. The Bertz CT molecular complexity index is 878. The molecule has 1 aliphatic rings. The maximum Gasteiger partial charge on any atom is 0.0697 e. The van der Waals surface area contributed by atoms with Crippen molar-refractivity contribution in [3.05, 3.63) is 89.8 Å². The van der Waals surface area contributed by atoms with Crippen LogP contribution in [0.2, 0.25) is 0 Å². The lowest BCUT2D eigenvalue weighted by atomic mass is 9.88. The van der Waals surface area contributed by atoms with Gasteiger partial charge in [0.05, 0.1) is 5.71 Å². The lowest BCUT2D eigenvalue weighted by Crippen LogP contribution is -2.15. The minimum absolute atomic E-state index is 0.859. The van der Waals surface area contributed by atoms with Gasteiger partial charge >= 0.3 is 0 Å². The van der Waals surface area contributed by atoms with Gasteiger partial charge in [-0.15, -0.1) is 0 Å². The molecule has 0 saturated heterocycles. The summed E-state index contributed by atoms with van der Waals surface area (Å²) in [5.41, 5.74) is 7.21. The van der Waals surface area contributed by atoms with Gasteiger partial charge in [-0.1, -0.05) is 0 Å². The molecule has 0 spiro atoms. The molecule has 0 unspecified atom stereocenters. The molecule has 1 N–H and O–H groups in total. The number of hydrogen-bond donors (Lipinski definition) is 1. The minimum Gasteiger partial charge on any atom is -0.361 e. The Morgan fingerprint density at radius 2 is 1.92 bits per heavy atom. The molecule has 0 aliphatic carbocycles. The van der Waals surface area contributed by atoms with Crippen LogP contribution in [-0.4, -0.2) is 27.2 Å². The summed E-state index contributed by atoms with van der Waals surface area (Å²) in [5.74, 6) is 0. The third kappa shape index (κ3) is 3.43. The van der Waals surface area contributed by atoms with Crippen molar-refractivity contribution in [2.45, 2.75) is 19.3 Å². The summed E-state index contributed by atoms with van der Waals surface area (Å²) in [6, 6.07) is 12.4. The maximum absolute atomic E-state index is 4.85. The molecule has 4 heterocycles. The predicted octanol–water partition coefficient (Wildman–Crippen LogP) is 4.08. The first-order valence-electron chi connectivity index (χ1n) is 8.62. The van der Waals surface area contributed by atoms with Gasteiger partial charge in [-0.2, -0.15) is 0 Å². The lowest BCUT2D eigenvalue weighted by Gasteiger charge is -2.21. The second kappa shape index (κ2) is 7.26. The van der Waals surface area contributed by atoms with Gasteiger partial charge < -0.3 is 4.98 Å². The third-order valence-corrected chi connectivity index (χ3v) is 4.49. The number of aromatic amines is 1. The van der Waals surface area contributed by atoms with E-state index >= 15 is 0 Å². The largest absolute Gasteiger partial charge is 0.361 e. The Hall–Kier alpha value is -3.01. The number of nitrogens with zero attached hydrogens (tertiary/aromatic N) is 3. The number of aromatic nitrogens is 3. The molecule has 0 aromatic carbocycles. The number of hydrogen-bond acceptors (Lipinski definition) is 3. The van der Waals surface area contributed by atoms with Crippen molar-refractivity contribution in [3.63, 3.8) is 0 Å². The molecule has 0 bridgehead atoms. The van der Waals surface area contributed by atoms with Gasteiger partial charge in [-0.05, 0) is 72.4 Å². The third-order valence-electron chi connectivity index (χ3n) is 4.49. The summed E-state index contributed by atoms with van der Waals surface area (Å²) in [6.07, 6.45) is 12.4. The van der Waals surface area contributed by atoms with Crippen LogP contribution in [0.15, 0.2) is 77.9 Å². The highest BCUT2D eigenvalue weighted by molar-refractivity contribution is 6.16. The van der Waals surface area contributed by atoms with E-state index in [0.717, 1.165) is 42.8 Å². The topological polar surface area (TPSA) is 53.9 Å². The van der Waals surface area contributed by atoms with E-state index in [0.29, 0.717) is 0 Å². The fourth-order valence-corrected chi connectivity index (χ4v) is 3.31. The lowest BCUT2D eigenvalue weighted by molar-refractivity contribution is 0.814. The average Bonchev–Trinajstić information content (AvgIpc) is 3.22. The molecule has 4 nitrogen and oxygen atoms in total. The van der Waals surface area contributed by atoms with Crippen LogP contribution in [0.1, 0.15) is 29.7 Å². The molecule has 4 heteroatoms. The number of aliphatic imine (C=N–C) groups is 1.